The van der Waals surface area contributed by atoms with Crippen LogP contribution in [0.4, 0.5) is 8.78 Å². The number of aromatic nitrogens is 2. The van der Waals surface area contributed by atoms with E-state index in [1.54, 1.807) is 18.2 Å². The summed E-state index contributed by atoms with van der Waals surface area (Å²) in [5.41, 5.74) is 5.16. The number of nitrogens with zero attached hydrogens (tertiary/aromatic N) is 4. The number of likely N-dealkylation sites (N-methyl/N-ethyl adjacent to an activating group) is 1. The van der Waals surface area contributed by atoms with Gasteiger partial charge in [-0.1, -0.05) is 6.07 Å². The maximum Gasteiger partial charge on any atom is 0.280 e. The number of amides is 1. The molecule has 1 amide bonds. The molecule has 10 heteroatoms. The molecule has 0 saturated carbocycles. The number of benzene rings is 1. The van der Waals surface area contributed by atoms with Crippen molar-refractivity contribution < 1.29 is 22.7 Å². The predicted molar refractivity (Wildman–Crippen MR) is 103 cm³/mol. The zero-order valence-electron chi connectivity index (χ0n) is 16.0. The van der Waals surface area contributed by atoms with Crippen molar-refractivity contribution in [2.45, 2.75) is 12.0 Å². The Labute approximate surface area is 170 Å². The summed E-state index contributed by atoms with van der Waals surface area (Å²) in [6.45, 7) is 0. The highest BCUT2D eigenvalue weighted by molar-refractivity contribution is 6.08. The lowest BCUT2D eigenvalue weighted by Gasteiger charge is -2.26. The molecule has 2 N–H and O–H groups in total. The van der Waals surface area contributed by atoms with Crippen molar-refractivity contribution in [1.82, 2.24) is 14.9 Å². The van der Waals surface area contributed by atoms with E-state index in [4.69, 9.17) is 14.9 Å². The van der Waals surface area contributed by atoms with Gasteiger partial charge in [-0.25, -0.2) is 23.7 Å². The molecule has 1 aliphatic rings. The molecule has 0 spiro atoms. The number of ether oxygens (including phenoxy) is 1. The van der Waals surface area contributed by atoms with E-state index in [-0.39, 0.29) is 11.7 Å². The number of hydrogen-bond donors (Lipinski definition) is 1. The van der Waals surface area contributed by atoms with Crippen molar-refractivity contribution in [3.8, 4) is 17.0 Å². The molecule has 4 rings (SSSR count). The number of hydrogen-bond acceptors (Lipinski definition) is 7. The highest BCUT2D eigenvalue weighted by atomic mass is 19.3. The topological polar surface area (TPSA) is 107 Å². The molecular weight excluding hydrogens is 396 g/mol. The summed E-state index contributed by atoms with van der Waals surface area (Å²) in [5.74, 6) is -0.181. The fourth-order valence-electron chi connectivity index (χ4n) is 3.35. The van der Waals surface area contributed by atoms with Crippen LogP contribution < -0.4 is 10.5 Å². The molecule has 1 aliphatic heterocycles. The van der Waals surface area contributed by atoms with Crippen molar-refractivity contribution in [2.75, 3.05) is 14.2 Å². The van der Waals surface area contributed by atoms with Gasteiger partial charge in [-0.05, 0) is 35.9 Å². The summed E-state index contributed by atoms with van der Waals surface area (Å²) in [6.07, 6.45) is -0.113. The Bertz CT molecular complexity index is 1130. The third-order valence-corrected chi connectivity index (χ3v) is 4.89. The van der Waals surface area contributed by atoms with Crippen molar-refractivity contribution >= 4 is 11.9 Å². The maximum absolute atomic E-state index is 13.3. The van der Waals surface area contributed by atoms with Crippen LogP contribution in [0.3, 0.4) is 0 Å². The smallest absolute Gasteiger partial charge is 0.280 e. The van der Waals surface area contributed by atoms with Crippen LogP contribution in [0.2, 0.25) is 0 Å². The highest BCUT2D eigenvalue weighted by Crippen LogP contribution is 2.41. The molecule has 1 unspecified atom stereocenters. The number of methoxy groups -OCH3 is 1. The second-order valence-electron chi connectivity index (χ2n) is 6.62. The Balaban J connectivity index is 2.01. The van der Waals surface area contributed by atoms with E-state index < -0.39 is 23.6 Å². The molecular formula is C20H17F2N5O3. The number of alkyl halides is 2. The molecule has 0 fully saturated rings. The molecule has 1 aromatic carbocycles. The Morgan fingerprint density at radius 1 is 1.27 bits per heavy atom. The minimum Gasteiger partial charge on any atom is -0.497 e. The number of guanidine groups is 1. The molecule has 0 aliphatic carbocycles. The van der Waals surface area contributed by atoms with Crippen LogP contribution in [0.15, 0.2) is 58.5 Å². The van der Waals surface area contributed by atoms with E-state index in [1.807, 2.05) is 0 Å². The lowest BCUT2D eigenvalue weighted by atomic mass is 9.84. The third-order valence-electron chi connectivity index (χ3n) is 4.89. The minimum absolute atomic E-state index is 0.0250. The van der Waals surface area contributed by atoms with Gasteiger partial charge in [0.1, 0.15) is 23.4 Å². The average molecular weight is 413 g/mol. The van der Waals surface area contributed by atoms with Crippen LogP contribution in [0.5, 0.6) is 5.75 Å². The van der Waals surface area contributed by atoms with Gasteiger partial charge in [0, 0.05) is 12.6 Å². The number of oxazole rings is 1. The summed E-state index contributed by atoms with van der Waals surface area (Å²) in [7, 11) is 2.92. The molecule has 8 nitrogen and oxygen atoms in total. The van der Waals surface area contributed by atoms with E-state index >= 15 is 0 Å². The van der Waals surface area contributed by atoms with Crippen LogP contribution in [-0.4, -0.2) is 40.9 Å². The Morgan fingerprint density at radius 3 is 2.67 bits per heavy atom. The number of pyridine rings is 1. The average Bonchev–Trinajstić information content (AvgIpc) is 3.37. The number of carbonyl (C=O) groups is 1. The van der Waals surface area contributed by atoms with Crippen LogP contribution in [-0.2, 0) is 10.3 Å². The number of rotatable bonds is 5. The summed E-state index contributed by atoms with van der Waals surface area (Å²) >= 11 is 0. The van der Waals surface area contributed by atoms with Crippen molar-refractivity contribution in [3.05, 3.63) is 66.0 Å². The second-order valence-corrected chi connectivity index (χ2v) is 6.62. The van der Waals surface area contributed by atoms with Gasteiger partial charge in [0.2, 0.25) is 5.54 Å². The summed E-state index contributed by atoms with van der Waals surface area (Å²) in [5, 5.41) is 0. The zero-order valence-corrected chi connectivity index (χ0v) is 16.0. The summed E-state index contributed by atoms with van der Waals surface area (Å²) in [6, 6.07) is 9.01. The quantitative estimate of drug-likeness (QED) is 0.689. The van der Waals surface area contributed by atoms with Gasteiger partial charge in [-0.2, -0.15) is 0 Å². The predicted octanol–water partition coefficient (Wildman–Crippen LogP) is 2.71. The van der Waals surface area contributed by atoms with Crippen molar-refractivity contribution in [1.29, 1.82) is 0 Å². The van der Waals surface area contributed by atoms with Gasteiger partial charge in [-0.3, -0.25) is 9.69 Å². The van der Waals surface area contributed by atoms with Crippen LogP contribution in [0, 0.1) is 0 Å². The minimum atomic E-state index is -2.81. The van der Waals surface area contributed by atoms with Gasteiger partial charge in [-0.15, -0.1) is 0 Å². The maximum atomic E-state index is 13.3. The standard InChI is InChI=1S/C20H17F2N5O3/c1-27-18(28)20(26-19(27)23,16-5-3-4-14(25-16)17(21)22)12-6-11(7-13(8-12)29-2)15-9-30-10-24-15/h3-10,17H,1-2H3,(H2,23,26). The van der Waals surface area contributed by atoms with Crippen LogP contribution in [0.25, 0.3) is 11.3 Å². The van der Waals surface area contributed by atoms with E-state index in [1.165, 1.54) is 45.0 Å². The molecule has 0 saturated heterocycles. The first-order valence-electron chi connectivity index (χ1n) is 8.84. The Hall–Kier alpha value is -3.82. The van der Waals surface area contributed by atoms with Gasteiger partial charge in [0.15, 0.2) is 12.4 Å². The van der Waals surface area contributed by atoms with Crippen molar-refractivity contribution in [3.63, 3.8) is 0 Å². The Kier molecular flexibility index (Phi) is 4.69. The van der Waals surface area contributed by atoms with Crippen molar-refractivity contribution in [2.24, 2.45) is 10.7 Å². The summed E-state index contributed by atoms with van der Waals surface area (Å²) in [4.78, 5) is 27.0. The van der Waals surface area contributed by atoms with Gasteiger partial charge < -0.3 is 14.9 Å². The second kappa shape index (κ2) is 7.21. The van der Waals surface area contributed by atoms with Gasteiger partial charge in [0.05, 0.1) is 12.8 Å². The van der Waals surface area contributed by atoms with Crippen LogP contribution >= 0.6 is 0 Å². The summed E-state index contributed by atoms with van der Waals surface area (Å²) < 4.78 is 37.1. The van der Waals surface area contributed by atoms with Gasteiger partial charge >= 0.3 is 0 Å². The first-order chi connectivity index (χ1) is 14.4. The third kappa shape index (κ3) is 2.97. The lowest BCUT2D eigenvalue weighted by molar-refractivity contribution is -0.129. The van der Waals surface area contributed by atoms with E-state index in [0.29, 0.717) is 22.6 Å². The first-order valence-corrected chi connectivity index (χ1v) is 8.84. The largest absolute Gasteiger partial charge is 0.497 e. The molecule has 0 bridgehead atoms. The molecule has 2 aromatic heterocycles. The fraction of sp³-hybridized carbons (Fsp3) is 0.200. The first kappa shape index (κ1) is 19.5. The SMILES string of the molecule is COc1cc(-c2cocn2)cc(C2(c3cccc(C(F)F)n3)N=C(N)N(C)C2=O)c1. The van der Waals surface area contributed by atoms with Gasteiger partial charge in [0.25, 0.3) is 12.3 Å². The normalized spacial score (nSPS) is 18.8. The Morgan fingerprint density at radius 2 is 2.07 bits per heavy atom. The molecule has 0 radical (unpaired) electrons. The fourth-order valence-corrected chi connectivity index (χ4v) is 3.35. The van der Waals surface area contributed by atoms with Crippen LogP contribution in [0.1, 0.15) is 23.4 Å². The molecule has 30 heavy (non-hydrogen) atoms. The number of carbonyl (C=O) groups excluding carboxylic acids is 1. The molecule has 3 heterocycles. The van der Waals surface area contributed by atoms with E-state index in [9.17, 15) is 13.6 Å². The van der Waals surface area contributed by atoms with E-state index in [2.05, 4.69) is 15.0 Å². The highest BCUT2D eigenvalue weighted by Gasteiger charge is 2.51. The lowest BCUT2D eigenvalue weighted by Crippen LogP contribution is -2.41. The molecule has 154 valence electrons. The molecule has 3 aromatic rings. The number of halogens is 2. The monoisotopic (exact) mass is 413 g/mol. The zero-order chi connectivity index (χ0) is 21.5. The molecule has 1 atom stereocenters. The number of nitrogens with two attached hydrogens (primary N) is 1. The number of aliphatic imine (C=N–C) groups is 1. The van der Waals surface area contributed by atoms with E-state index in [0.717, 1.165) is 4.90 Å².